The summed E-state index contributed by atoms with van der Waals surface area (Å²) >= 11 is 1.35. The third-order valence-electron chi connectivity index (χ3n) is 3.17. The number of benzene rings is 2. The highest BCUT2D eigenvalue weighted by atomic mass is 32.2. The Morgan fingerprint density at radius 3 is 2.40 bits per heavy atom. The largest absolute Gasteiger partial charge is 0.355 e. The molecule has 0 saturated carbocycles. The number of nitro groups is 1. The lowest BCUT2D eigenvalue weighted by atomic mass is 10.2. The van der Waals surface area contributed by atoms with Crippen molar-refractivity contribution in [3.05, 3.63) is 64.2 Å². The van der Waals surface area contributed by atoms with Gasteiger partial charge in [-0.3, -0.25) is 19.7 Å². The molecule has 2 N–H and O–H groups in total. The first kappa shape index (κ1) is 18.5. The Balaban J connectivity index is 2.19. The zero-order chi connectivity index (χ0) is 18.2. The summed E-state index contributed by atoms with van der Waals surface area (Å²) in [4.78, 5) is 35.3. The van der Waals surface area contributed by atoms with Crippen molar-refractivity contribution in [2.24, 2.45) is 0 Å². The SMILES string of the molecule is CC(=O)NCCNC(=O)c1cc([N+](=O)[O-])ccc1Sc1ccccc1. The number of carbonyl (C=O) groups excluding carboxylic acids is 2. The van der Waals surface area contributed by atoms with Gasteiger partial charge in [-0.15, -0.1) is 0 Å². The Morgan fingerprint density at radius 2 is 1.76 bits per heavy atom. The van der Waals surface area contributed by atoms with Gasteiger partial charge in [0, 0.05) is 41.9 Å². The maximum atomic E-state index is 12.4. The molecule has 0 bridgehead atoms. The maximum absolute atomic E-state index is 12.4. The van der Waals surface area contributed by atoms with Crippen LogP contribution in [-0.4, -0.2) is 29.8 Å². The molecule has 0 atom stereocenters. The summed E-state index contributed by atoms with van der Waals surface area (Å²) in [5, 5.41) is 16.2. The fraction of sp³-hybridized carbons (Fsp3) is 0.176. The van der Waals surface area contributed by atoms with Crippen molar-refractivity contribution in [1.29, 1.82) is 0 Å². The third-order valence-corrected chi connectivity index (χ3v) is 4.26. The summed E-state index contributed by atoms with van der Waals surface area (Å²) in [7, 11) is 0. The first-order valence-corrected chi connectivity index (χ1v) is 8.33. The number of rotatable bonds is 7. The Kier molecular flexibility index (Phi) is 6.53. The number of hydrogen-bond acceptors (Lipinski definition) is 5. The third kappa shape index (κ3) is 5.61. The van der Waals surface area contributed by atoms with E-state index in [1.165, 1.54) is 30.8 Å². The van der Waals surface area contributed by atoms with Gasteiger partial charge in [0.2, 0.25) is 5.91 Å². The summed E-state index contributed by atoms with van der Waals surface area (Å²) < 4.78 is 0. The summed E-state index contributed by atoms with van der Waals surface area (Å²) in [6, 6.07) is 13.6. The number of nitro benzene ring substituents is 1. The van der Waals surface area contributed by atoms with Crippen LogP contribution < -0.4 is 10.6 Å². The molecule has 0 saturated heterocycles. The van der Waals surface area contributed by atoms with Crippen LogP contribution >= 0.6 is 11.8 Å². The molecule has 2 rings (SSSR count). The van der Waals surface area contributed by atoms with Gasteiger partial charge >= 0.3 is 0 Å². The molecule has 0 unspecified atom stereocenters. The quantitative estimate of drug-likeness (QED) is 0.449. The minimum absolute atomic E-state index is 0.149. The molecule has 0 aliphatic carbocycles. The van der Waals surface area contributed by atoms with Crippen molar-refractivity contribution < 1.29 is 14.5 Å². The lowest BCUT2D eigenvalue weighted by molar-refractivity contribution is -0.384. The number of nitrogens with one attached hydrogen (secondary N) is 2. The molecule has 0 heterocycles. The van der Waals surface area contributed by atoms with Crippen molar-refractivity contribution >= 4 is 29.3 Å². The summed E-state index contributed by atoms with van der Waals surface area (Å²) in [6.07, 6.45) is 0. The van der Waals surface area contributed by atoms with Crippen LogP contribution in [0.25, 0.3) is 0 Å². The van der Waals surface area contributed by atoms with E-state index >= 15 is 0 Å². The van der Waals surface area contributed by atoms with Crippen LogP contribution in [-0.2, 0) is 4.79 Å². The highest BCUT2D eigenvalue weighted by Gasteiger charge is 2.17. The molecule has 0 aliphatic rings. The van der Waals surface area contributed by atoms with Gasteiger partial charge in [0.1, 0.15) is 0 Å². The van der Waals surface area contributed by atoms with E-state index in [1.807, 2.05) is 30.3 Å². The summed E-state index contributed by atoms with van der Waals surface area (Å²) in [5.41, 5.74) is 0.0790. The molecule has 2 aromatic carbocycles. The van der Waals surface area contributed by atoms with Crippen LogP contribution in [0.15, 0.2) is 58.3 Å². The molecule has 0 aromatic heterocycles. The molecule has 130 valence electrons. The molecule has 0 radical (unpaired) electrons. The molecule has 8 heteroatoms. The minimum Gasteiger partial charge on any atom is -0.355 e. The lowest BCUT2D eigenvalue weighted by Crippen LogP contribution is -2.33. The molecule has 2 amide bonds. The van der Waals surface area contributed by atoms with Crippen LogP contribution in [0.5, 0.6) is 0 Å². The van der Waals surface area contributed by atoms with Crippen LogP contribution in [0.3, 0.4) is 0 Å². The van der Waals surface area contributed by atoms with E-state index in [0.29, 0.717) is 4.90 Å². The predicted molar refractivity (Wildman–Crippen MR) is 94.7 cm³/mol. The van der Waals surface area contributed by atoms with E-state index in [1.54, 1.807) is 6.07 Å². The van der Waals surface area contributed by atoms with Crippen molar-refractivity contribution in [2.45, 2.75) is 16.7 Å². The summed E-state index contributed by atoms with van der Waals surface area (Å²) in [5.74, 6) is -0.614. The van der Waals surface area contributed by atoms with Gasteiger partial charge in [0.05, 0.1) is 10.5 Å². The van der Waals surface area contributed by atoms with Crippen molar-refractivity contribution in [3.63, 3.8) is 0 Å². The highest BCUT2D eigenvalue weighted by Crippen LogP contribution is 2.32. The maximum Gasteiger partial charge on any atom is 0.270 e. The van der Waals surface area contributed by atoms with E-state index in [0.717, 1.165) is 4.90 Å². The zero-order valence-electron chi connectivity index (χ0n) is 13.5. The number of hydrogen-bond donors (Lipinski definition) is 2. The number of nitrogens with zero attached hydrogens (tertiary/aromatic N) is 1. The highest BCUT2D eigenvalue weighted by molar-refractivity contribution is 7.99. The van der Waals surface area contributed by atoms with Crippen LogP contribution in [0.1, 0.15) is 17.3 Å². The van der Waals surface area contributed by atoms with Crippen LogP contribution in [0, 0.1) is 10.1 Å². The molecular weight excluding hydrogens is 342 g/mol. The number of carbonyl (C=O) groups is 2. The fourth-order valence-corrected chi connectivity index (χ4v) is 2.97. The monoisotopic (exact) mass is 359 g/mol. The van der Waals surface area contributed by atoms with Gasteiger partial charge in [-0.1, -0.05) is 30.0 Å². The molecule has 2 aromatic rings. The average molecular weight is 359 g/mol. The van der Waals surface area contributed by atoms with Gasteiger partial charge in [-0.05, 0) is 18.2 Å². The second kappa shape index (κ2) is 8.84. The van der Waals surface area contributed by atoms with Gasteiger partial charge in [-0.2, -0.15) is 0 Å². The minimum atomic E-state index is -0.537. The van der Waals surface area contributed by atoms with Gasteiger partial charge in [-0.25, -0.2) is 0 Å². The Hall–Kier alpha value is -2.87. The van der Waals surface area contributed by atoms with E-state index in [-0.39, 0.29) is 30.2 Å². The molecule has 0 spiro atoms. The Labute approximate surface area is 149 Å². The van der Waals surface area contributed by atoms with E-state index in [2.05, 4.69) is 10.6 Å². The van der Waals surface area contributed by atoms with Crippen molar-refractivity contribution in [1.82, 2.24) is 10.6 Å². The smallest absolute Gasteiger partial charge is 0.270 e. The molecule has 25 heavy (non-hydrogen) atoms. The first-order chi connectivity index (χ1) is 12.0. The normalized spacial score (nSPS) is 10.1. The van der Waals surface area contributed by atoms with Crippen molar-refractivity contribution in [2.75, 3.05) is 13.1 Å². The Bertz CT molecular complexity index is 781. The molecule has 7 nitrogen and oxygen atoms in total. The Morgan fingerprint density at radius 1 is 1.08 bits per heavy atom. The standard InChI is InChI=1S/C17H17N3O4S/c1-12(21)18-9-10-19-17(22)15-11-13(20(23)24)7-8-16(15)25-14-5-3-2-4-6-14/h2-8,11H,9-10H2,1H3,(H,18,21)(H,19,22). The number of non-ortho nitro benzene ring substituents is 1. The fourth-order valence-electron chi connectivity index (χ4n) is 2.02. The van der Waals surface area contributed by atoms with E-state index in [9.17, 15) is 19.7 Å². The predicted octanol–water partition coefficient (Wildman–Crippen LogP) is 2.61. The van der Waals surface area contributed by atoms with E-state index < -0.39 is 10.8 Å². The first-order valence-electron chi connectivity index (χ1n) is 7.51. The van der Waals surface area contributed by atoms with Crippen molar-refractivity contribution in [3.8, 4) is 0 Å². The molecule has 0 fully saturated rings. The summed E-state index contributed by atoms with van der Waals surface area (Å²) in [6.45, 7) is 1.91. The molecular formula is C17H17N3O4S. The van der Waals surface area contributed by atoms with Crippen LogP contribution in [0.2, 0.25) is 0 Å². The molecule has 0 aliphatic heterocycles. The zero-order valence-corrected chi connectivity index (χ0v) is 14.3. The second-order valence-electron chi connectivity index (χ2n) is 5.09. The average Bonchev–Trinajstić information content (AvgIpc) is 2.59. The van der Waals surface area contributed by atoms with Gasteiger partial charge in [0.15, 0.2) is 0 Å². The second-order valence-corrected chi connectivity index (χ2v) is 6.21. The van der Waals surface area contributed by atoms with Gasteiger partial charge in [0.25, 0.3) is 11.6 Å². The lowest BCUT2D eigenvalue weighted by Gasteiger charge is -2.10. The van der Waals surface area contributed by atoms with E-state index in [4.69, 9.17) is 0 Å². The van der Waals surface area contributed by atoms with Crippen LogP contribution in [0.4, 0.5) is 5.69 Å². The van der Waals surface area contributed by atoms with Gasteiger partial charge < -0.3 is 10.6 Å². The number of amides is 2. The topological polar surface area (TPSA) is 101 Å².